The molecule has 1 N–H and O–H groups in total. The number of anilines is 1. The summed E-state index contributed by atoms with van der Waals surface area (Å²) in [5.74, 6) is 0. The highest BCUT2D eigenvalue weighted by molar-refractivity contribution is 9.18. The van der Waals surface area contributed by atoms with E-state index in [2.05, 4.69) is 42.4 Å². The van der Waals surface area contributed by atoms with Gasteiger partial charge in [-0.3, -0.25) is 15.5 Å². The summed E-state index contributed by atoms with van der Waals surface area (Å²) >= 11 is 6.73. The standard InChI is InChI=1S/C13H9Br2N3O2/c14-10-3-1-9(2-4-10)13(15)17-16-11-5-7-12(8-6-11)18(19)20/h1-8,16H. The summed E-state index contributed by atoms with van der Waals surface area (Å²) in [5.41, 5.74) is 4.47. The Morgan fingerprint density at radius 1 is 1.10 bits per heavy atom. The molecule has 20 heavy (non-hydrogen) atoms. The van der Waals surface area contributed by atoms with E-state index in [-0.39, 0.29) is 5.69 Å². The quantitative estimate of drug-likeness (QED) is 0.467. The molecule has 0 spiro atoms. The second kappa shape index (κ2) is 6.62. The van der Waals surface area contributed by atoms with E-state index in [1.54, 1.807) is 12.1 Å². The number of rotatable bonds is 4. The molecule has 102 valence electrons. The molecule has 0 fully saturated rings. The third-order valence-electron chi connectivity index (χ3n) is 2.44. The molecule has 2 aromatic carbocycles. The minimum atomic E-state index is -0.440. The fourth-order valence-electron chi connectivity index (χ4n) is 1.42. The number of nitrogens with one attached hydrogen (secondary N) is 1. The van der Waals surface area contributed by atoms with Gasteiger partial charge in [-0.05, 0) is 40.2 Å². The second-order valence-electron chi connectivity index (χ2n) is 3.83. The van der Waals surface area contributed by atoms with E-state index < -0.39 is 4.92 Å². The number of nitrogens with zero attached hydrogens (tertiary/aromatic N) is 2. The van der Waals surface area contributed by atoms with Crippen molar-refractivity contribution in [1.82, 2.24) is 0 Å². The summed E-state index contributed by atoms with van der Waals surface area (Å²) in [4.78, 5) is 10.1. The van der Waals surface area contributed by atoms with Crippen LogP contribution in [0.1, 0.15) is 5.56 Å². The van der Waals surface area contributed by atoms with E-state index in [4.69, 9.17) is 0 Å². The van der Waals surface area contributed by atoms with E-state index >= 15 is 0 Å². The Morgan fingerprint density at radius 2 is 1.70 bits per heavy atom. The van der Waals surface area contributed by atoms with Crippen LogP contribution >= 0.6 is 31.9 Å². The molecule has 0 aliphatic heterocycles. The first-order valence-electron chi connectivity index (χ1n) is 5.56. The molecule has 0 atom stereocenters. The number of hydrogen-bond donors (Lipinski definition) is 1. The van der Waals surface area contributed by atoms with Crippen molar-refractivity contribution in [2.45, 2.75) is 0 Å². The van der Waals surface area contributed by atoms with Crippen molar-refractivity contribution in [2.75, 3.05) is 5.43 Å². The van der Waals surface area contributed by atoms with Crippen LogP contribution in [0, 0.1) is 10.1 Å². The van der Waals surface area contributed by atoms with Crippen LogP contribution < -0.4 is 5.43 Å². The van der Waals surface area contributed by atoms with Gasteiger partial charge in [-0.1, -0.05) is 28.1 Å². The Labute approximate surface area is 132 Å². The van der Waals surface area contributed by atoms with Gasteiger partial charge in [-0.15, -0.1) is 0 Å². The second-order valence-corrected chi connectivity index (χ2v) is 5.49. The molecular weight excluding hydrogens is 390 g/mol. The van der Waals surface area contributed by atoms with Crippen LogP contribution in [0.4, 0.5) is 11.4 Å². The maximum Gasteiger partial charge on any atom is 0.269 e. The minimum absolute atomic E-state index is 0.0477. The Hall–Kier alpha value is -1.73. The number of hydrazone groups is 1. The van der Waals surface area contributed by atoms with Crippen molar-refractivity contribution >= 4 is 47.9 Å². The third-order valence-corrected chi connectivity index (χ3v) is 3.61. The number of hydrogen-bond acceptors (Lipinski definition) is 4. The topological polar surface area (TPSA) is 67.5 Å². The van der Waals surface area contributed by atoms with Crippen LogP contribution in [0.5, 0.6) is 0 Å². The van der Waals surface area contributed by atoms with Gasteiger partial charge in [0, 0.05) is 22.2 Å². The van der Waals surface area contributed by atoms with Gasteiger partial charge < -0.3 is 0 Å². The first-order valence-corrected chi connectivity index (χ1v) is 7.14. The summed E-state index contributed by atoms with van der Waals surface area (Å²) in [6, 6.07) is 13.7. The fourth-order valence-corrected chi connectivity index (χ4v) is 2.04. The average Bonchev–Trinajstić information content (AvgIpc) is 2.46. The molecule has 0 aliphatic carbocycles. The van der Waals surface area contributed by atoms with Crippen LogP contribution in [0.25, 0.3) is 0 Å². The normalized spacial score (nSPS) is 11.2. The van der Waals surface area contributed by atoms with Crippen LogP contribution in [0.15, 0.2) is 58.1 Å². The van der Waals surface area contributed by atoms with Crippen molar-refractivity contribution in [3.63, 3.8) is 0 Å². The molecule has 0 bridgehead atoms. The zero-order valence-corrected chi connectivity index (χ0v) is 13.3. The molecule has 0 heterocycles. The van der Waals surface area contributed by atoms with Crippen LogP contribution in [0.2, 0.25) is 0 Å². The van der Waals surface area contributed by atoms with Crippen molar-refractivity contribution in [2.24, 2.45) is 5.10 Å². The third kappa shape index (κ3) is 3.88. The summed E-state index contributed by atoms with van der Waals surface area (Å²) < 4.78 is 1.63. The van der Waals surface area contributed by atoms with Crippen LogP contribution in [-0.2, 0) is 0 Å². The molecule has 0 radical (unpaired) electrons. The highest BCUT2D eigenvalue weighted by atomic mass is 79.9. The summed E-state index contributed by atoms with van der Waals surface area (Å²) in [5, 5.41) is 14.7. The number of nitro benzene ring substituents is 1. The molecule has 0 saturated carbocycles. The zero-order valence-electron chi connectivity index (χ0n) is 10.1. The van der Waals surface area contributed by atoms with E-state index in [9.17, 15) is 10.1 Å². The molecule has 0 amide bonds. The van der Waals surface area contributed by atoms with Gasteiger partial charge in [-0.25, -0.2) is 0 Å². The predicted molar refractivity (Wildman–Crippen MR) is 86.3 cm³/mol. The van der Waals surface area contributed by atoms with Crippen LogP contribution in [0.3, 0.4) is 0 Å². The van der Waals surface area contributed by atoms with Crippen molar-refractivity contribution in [3.05, 3.63) is 68.7 Å². The average molecular weight is 399 g/mol. The summed E-state index contributed by atoms with van der Waals surface area (Å²) in [6.07, 6.45) is 0. The molecule has 0 unspecified atom stereocenters. The molecule has 5 nitrogen and oxygen atoms in total. The van der Waals surface area contributed by atoms with Gasteiger partial charge in [0.2, 0.25) is 0 Å². The van der Waals surface area contributed by atoms with Crippen molar-refractivity contribution < 1.29 is 4.92 Å². The lowest BCUT2D eigenvalue weighted by molar-refractivity contribution is -0.384. The van der Waals surface area contributed by atoms with Gasteiger partial charge in [-0.2, -0.15) is 5.10 Å². The number of nitro groups is 1. The van der Waals surface area contributed by atoms with Gasteiger partial charge in [0.15, 0.2) is 0 Å². The summed E-state index contributed by atoms with van der Waals surface area (Å²) in [7, 11) is 0. The Balaban J connectivity index is 2.08. The van der Waals surface area contributed by atoms with Gasteiger partial charge in [0.1, 0.15) is 4.62 Å². The lowest BCUT2D eigenvalue weighted by Crippen LogP contribution is -1.96. The lowest BCUT2D eigenvalue weighted by atomic mass is 10.2. The maximum atomic E-state index is 10.5. The van der Waals surface area contributed by atoms with E-state index in [1.165, 1.54) is 12.1 Å². The number of halogens is 2. The smallest absolute Gasteiger partial charge is 0.269 e. The maximum absolute atomic E-state index is 10.5. The zero-order chi connectivity index (χ0) is 14.5. The van der Waals surface area contributed by atoms with Crippen molar-refractivity contribution in [1.29, 1.82) is 0 Å². The van der Waals surface area contributed by atoms with Gasteiger partial charge >= 0.3 is 0 Å². The number of non-ortho nitro benzene ring substituents is 1. The molecule has 0 aliphatic rings. The first-order chi connectivity index (χ1) is 9.56. The SMILES string of the molecule is O=[N+]([O-])c1ccc(NN=C(Br)c2ccc(Br)cc2)cc1. The Morgan fingerprint density at radius 3 is 2.25 bits per heavy atom. The molecule has 0 aromatic heterocycles. The molecule has 7 heteroatoms. The highest BCUT2D eigenvalue weighted by Crippen LogP contribution is 2.17. The van der Waals surface area contributed by atoms with E-state index in [1.807, 2.05) is 24.3 Å². The number of benzene rings is 2. The molecule has 2 aromatic rings. The monoisotopic (exact) mass is 397 g/mol. The molecule has 0 saturated heterocycles. The lowest BCUT2D eigenvalue weighted by Gasteiger charge is -2.02. The van der Waals surface area contributed by atoms with Crippen LogP contribution in [-0.4, -0.2) is 9.54 Å². The highest BCUT2D eigenvalue weighted by Gasteiger charge is 2.03. The first kappa shape index (κ1) is 14.7. The molecular formula is C13H9Br2N3O2. The largest absolute Gasteiger partial charge is 0.277 e. The van der Waals surface area contributed by atoms with Crippen molar-refractivity contribution in [3.8, 4) is 0 Å². The van der Waals surface area contributed by atoms with Gasteiger partial charge in [0.05, 0.1) is 10.6 Å². The Bertz CT molecular complexity index is 640. The predicted octanol–water partition coefficient (Wildman–Crippen LogP) is 4.53. The summed E-state index contributed by atoms with van der Waals surface area (Å²) in [6.45, 7) is 0. The minimum Gasteiger partial charge on any atom is -0.277 e. The Kier molecular flexibility index (Phi) is 4.86. The van der Waals surface area contributed by atoms with E-state index in [0.29, 0.717) is 10.3 Å². The van der Waals surface area contributed by atoms with E-state index in [0.717, 1.165) is 10.0 Å². The molecule has 2 rings (SSSR count). The van der Waals surface area contributed by atoms with Gasteiger partial charge in [0.25, 0.3) is 5.69 Å². The fraction of sp³-hybridized carbons (Fsp3) is 0.